The Hall–Kier alpha value is -0.480. The Morgan fingerprint density at radius 1 is 1.39 bits per heavy atom. The van der Waals surface area contributed by atoms with E-state index in [0.717, 1.165) is 19.4 Å². The molecule has 6 heteroatoms. The Kier molecular flexibility index (Phi) is 5.73. The number of hydrogen-bond acceptors (Lipinski definition) is 2. The number of nitrogens with zero attached hydrogens (tertiary/aromatic N) is 1. The van der Waals surface area contributed by atoms with Gasteiger partial charge in [-0.3, -0.25) is 4.79 Å². The predicted octanol–water partition coefficient (Wildman–Crippen LogP) is 2.98. The maximum atomic E-state index is 12.2. The van der Waals surface area contributed by atoms with Crippen molar-refractivity contribution in [2.75, 3.05) is 13.1 Å². The van der Waals surface area contributed by atoms with E-state index in [9.17, 15) is 4.79 Å². The summed E-state index contributed by atoms with van der Waals surface area (Å²) in [6.45, 7) is 1.34. The summed E-state index contributed by atoms with van der Waals surface area (Å²) in [7, 11) is 0. The van der Waals surface area contributed by atoms with E-state index in [1.165, 1.54) is 0 Å². The van der Waals surface area contributed by atoms with Crippen LogP contribution in [0, 0.1) is 0 Å². The van der Waals surface area contributed by atoms with Gasteiger partial charge >= 0.3 is 0 Å². The van der Waals surface area contributed by atoms with Gasteiger partial charge in [0.25, 0.3) is 5.91 Å². The maximum absolute atomic E-state index is 12.2. The molecule has 1 aromatic rings. The number of rotatable bonds is 1. The smallest absolute Gasteiger partial charge is 0.255 e. The van der Waals surface area contributed by atoms with Crippen molar-refractivity contribution in [1.82, 2.24) is 4.90 Å². The Morgan fingerprint density at radius 3 is 2.72 bits per heavy atom. The van der Waals surface area contributed by atoms with Gasteiger partial charge in [0, 0.05) is 24.2 Å². The summed E-state index contributed by atoms with van der Waals surface area (Å²) >= 11 is 11.8. The van der Waals surface area contributed by atoms with Crippen LogP contribution in [0.3, 0.4) is 0 Å². The second-order valence-corrected chi connectivity index (χ2v) is 5.12. The third kappa shape index (κ3) is 3.51. The number of nitrogens with two attached hydrogens (primary N) is 1. The molecule has 18 heavy (non-hydrogen) atoms. The Bertz CT molecular complexity index is 439. The van der Waals surface area contributed by atoms with Crippen molar-refractivity contribution in [3.05, 3.63) is 33.8 Å². The molecule has 1 heterocycles. The van der Waals surface area contributed by atoms with E-state index >= 15 is 0 Å². The maximum Gasteiger partial charge on any atom is 0.255 e. The van der Waals surface area contributed by atoms with Crippen LogP contribution in [0.2, 0.25) is 10.0 Å². The number of likely N-dealkylation sites (tertiary alicyclic amines) is 1. The van der Waals surface area contributed by atoms with Crippen LogP contribution in [-0.2, 0) is 0 Å². The highest BCUT2D eigenvalue weighted by molar-refractivity contribution is 6.36. The minimum atomic E-state index is -0.0678. The molecular weight excluding hydrogens is 295 g/mol. The molecule has 0 saturated carbocycles. The molecule has 2 rings (SSSR count). The fourth-order valence-electron chi connectivity index (χ4n) is 2.03. The van der Waals surface area contributed by atoms with Gasteiger partial charge in [-0.15, -0.1) is 12.4 Å². The van der Waals surface area contributed by atoms with Gasteiger partial charge in [0.05, 0.1) is 10.6 Å². The van der Waals surface area contributed by atoms with Crippen LogP contribution in [0.25, 0.3) is 0 Å². The zero-order chi connectivity index (χ0) is 12.4. The lowest BCUT2D eigenvalue weighted by molar-refractivity contribution is 0.0709. The van der Waals surface area contributed by atoms with E-state index < -0.39 is 0 Å². The SMILES string of the molecule is Cl.N[C@@H]1CCCN(C(=O)c2ccc(Cl)cc2Cl)C1. The van der Waals surface area contributed by atoms with Gasteiger partial charge in [0.1, 0.15) is 0 Å². The van der Waals surface area contributed by atoms with Crippen LogP contribution in [0.15, 0.2) is 18.2 Å². The molecule has 2 N–H and O–H groups in total. The summed E-state index contributed by atoms with van der Waals surface area (Å²) in [5.41, 5.74) is 6.35. The largest absolute Gasteiger partial charge is 0.337 e. The second-order valence-electron chi connectivity index (χ2n) is 4.28. The first kappa shape index (κ1) is 15.6. The van der Waals surface area contributed by atoms with E-state index in [2.05, 4.69) is 0 Å². The van der Waals surface area contributed by atoms with Crippen LogP contribution in [0.5, 0.6) is 0 Å². The standard InChI is InChI=1S/C12H14Cl2N2O.ClH/c13-8-3-4-10(11(14)6-8)12(17)16-5-1-2-9(15)7-16;/h3-4,6,9H,1-2,5,7,15H2;1H/t9-;/m1./s1. The molecule has 100 valence electrons. The summed E-state index contributed by atoms with van der Waals surface area (Å²) in [4.78, 5) is 14.0. The van der Waals surface area contributed by atoms with Crippen molar-refractivity contribution in [3.8, 4) is 0 Å². The second kappa shape index (κ2) is 6.62. The zero-order valence-electron chi connectivity index (χ0n) is 9.73. The monoisotopic (exact) mass is 308 g/mol. The highest BCUT2D eigenvalue weighted by Crippen LogP contribution is 2.23. The number of carbonyl (C=O) groups excluding carboxylic acids is 1. The van der Waals surface area contributed by atoms with Crippen molar-refractivity contribution in [2.24, 2.45) is 5.73 Å². The number of amides is 1. The van der Waals surface area contributed by atoms with Gasteiger partial charge < -0.3 is 10.6 Å². The van der Waals surface area contributed by atoms with E-state index in [4.69, 9.17) is 28.9 Å². The molecule has 1 aliphatic rings. The van der Waals surface area contributed by atoms with Crippen LogP contribution in [0.1, 0.15) is 23.2 Å². The molecule has 0 unspecified atom stereocenters. The summed E-state index contributed by atoms with van der Waals surface area (Å²) in [5.74, 6) is -0.0678. The van der Waals surface area contributed by atoms with Gasteiger partial charge in [-0.25, -0.2) is 0 Å². The minimum Gasteiger partial charge on any atom is -0.337 e. The van der Waals surface area contributed by atoms with Crippen LogP contribution >= 0.6 is 35.6 Å². The summed E-state index contributed by atoms with van der Waals surface area (Å²) < 4.78 is 0. The van der Waals surface area contributed by atoms with Crippen molar-refractivity contribution in [2.45, 2.75) is 18.9 Å². The fraction of sp³-hybridized carbons (Fsp3) is 0.417. The molecule has 1 atom stereocenters. The first-order valence-corrected chi connectivity index (χ1v) is 6.33. The van der Waals surface area contributed by atoms with Crippen LogP contribution in [-0.4, -0.2) is 29.9 Å². The zero-order valence-corrected chi connectivity index (χ0v) is 12.1. The van der Waals surface area contributed by atoms with Gasteiger partial charge in [0.15, 0.2) is 0 Å². The number of carbonyl (C=O) groups is 1. The Balaban J connectivity index is 0.00000162. The van der Waals surface area contributed by atoms with E-state index in [1.807, 2.05) is 0 Å². The molecule has 3 nitrogen and oxygen atoms in total. The first-order valence-electron chi connectivity index (χ1n) is 5.58. The average molecular weight is 310 g/mol. The molecule has 0 bridgehead atoms. The van der Waals surface area contributed by atoms with Gasteiger partial charge in [-0.2, -0.15) is 0 Å². The van der Waals surface area contributed by atoms with Crippen molar-refractivity contribution >= 4 is 41.5 Å². The molecule has 1 aliphatic heterocycles. The lowest BCUT2D eigenvalue weighted by atomic mass is 10.1. The van der Waals surface area contributed by atoms with Gasteiger partial charge in [0.2, 0.25) is 0 Å². The molecule has 0 aliphatic carbocycles. The Labute approximate surface area is 123 Å². The quantitative estimate of drug-likeness (QED) is 0.867. The van der Waals surface area contributed by atoms with Crippen molar-refractivity contribution in [3.63, 3.8) is 0 Å². The van der Waals surface area contributed by atoms with E-state index in [-0.39, 0.29) is 24.4 Å². The van der Waals surface area contributed by atoms with E-state index in [1.54, 1.807) is 23.1 Å². The first-order chi connectivity index (χ1) is 8.08. The highest BCUT2D eigenvalue weighted by atomic mass is 35.5. The third-order valence-electron chi connectivity index (χ3n) is 2.91. The molecule has 1 amide bonds. The topological polar surface area (TPSA) is 46.3 Å². The van der Waals surface area contributed by atoms with Crippen LogP contribution < -0.4 is 5.73 Å². The molecular formula is C12H15Cl3N2O. The fourth-order valence-corrected chi connectivity index (χ4v) is 2.52. The van der Waals surface area contributed by atoms with Crippen LogP contribution in [0.4, 0.5) is 0 Å². The molecule has 0 radical (unpaired) electrons. The number of halogens is 3. The molecule has 0 aromatic heterocycles. The predicted molar refractivity (Wildman–Crippen MR) is 76.8 cm³/mol. The van der Waals surface area contributed by atoms with E-state index in [0.29, 0.717) is 22.2 Å². The molecule has 1 aromatic carbocycles. The number of piperidine rings is 1. The van der Waals surface area contributed by atoms with Gasteiger partial charge in [-0.05, 0) is 31.0 Å². The lowest BCUT2D eigenvalue weighted by Gasteiger charge is -2.31. The normalized spacial score (nSPS) is 19.3. The molecule has 1 fully saturated rings. The average Bonchev–Trinajstić information content (AvgIpc) is 2.28. The summed E-state index contributed by atoms with van der Waals surface area (Å²) in [6, 6.07) is 4.98. The summed E-state index contributed by atoms with van der Waals surface area (Å²) in [5, 5.41) is 0.920. The highest BCUT2D eigenvalue weighted by Gasteiger charge is 2.23. The Morgan fingerprint density at radius 2 is 2.11 bits per heavy atom. The molecule has 0 spiro atoms. The molecule has 1 saturated heterocycles. The number of hydrogen-bond donors (Lipinski definition) is 1. The van der Waals surface area contributed by atoms with Gasteiger partial charge in [-0.1, -0.05) is 23.2 Å². The summed E-state index contributed by atoms with van der Waals surface area (Å²) in [6.07, 6.45) is 1.91. The third-order valence-corrected chi connectivity index (χ3v) is 3.45. The lowest BCUT2D eigenvalue weighted by Crippen LogP contribution is -2.45. The minimum absolute atomic E-state index is 0. The van der Waals surface area contributed by atoms with Crippen molar-refractivity contribution in [1.29, 1.82) is 0 Å². The van der Waals surface area contributed by atoms with Crippen molar-refractivity contribution < 1.29 is 4.79 Å². The number of benzene rings is 1.